The van der Waals surface area contributed by atoms with Gasteiger partial charge >= 0.3 is 0 Å². The zero-order chi connectivity index (χ0) is 19.9. The largest absolute Gasteiger partial charge is 0.351 e. The summed E-state index contributed by atoms with van der Waals surface area (Å²) in [5, 5.41) is 2.94. The number of carbonyl (C=O) groups excluding carboxylic acids is 1. The maximum atomic E-state index is 13.4. The van der Waals surface area contributed by atoms with Crippen LogP contribution in [-0.4, -0.2) is 45.2 Å². The van der Waals surface area contributed by atoms with Crippen LogP contribution in [0, 0.1) is 11.6 Å². The minimum absolute atomic E-state index is 0.0247. The first-order valence-corrected chi connectivity index (χ1v) is 10.0. The van der Waals surface area contributed by atoms with Gasteiger partial charge in [0.15, 0.2) is 6.54 Å². The summed E-state index contributed by atoms with van der Waals surface area (Å²) in [7, 11) is 0. The molecule has 1 saturated heterocycles. The van der Waals surface area contributed by atoms with Crippen molar-refractivity contribution < 1.29 is 23.4 Å². The van der Waals surface area contributed by atoms with Crippen molar-refractivity contribution in [2.75, 3.05) is 39.3 Å². The van der Waals surface area contributed by atoms with Crippen molar-refractivity contribution in [3.8, 4) is 0 Å². The highest BCUT2D eigenvalue weighted by Crippen LogP contribution is 2.20. The molecule has 0 aliphatic carbocycles. The van der Waals surface area contributed by atoms with Gasteiger partial charge in [-0.3, -0.25) is 4.79 Å². The van der Waals surface area contributed by atoms with Gasteiger partial charge in [-0.2, -0.15) is 0 Å². The van der Waals surface area contributed by atoms with E-state index in [1.165, 1.54) is 34.1 Å². The maximum Gasteiger partial charge on any atom is 0.275 e. The molecule has 0 unspecified atom stereocenters. The van der Waals surface area contributed by atoms with Crippen LogP contribution in [-0.2, 0) is 4.79 Å². The SMILES string of the molecule is CCCNC(=O)C[NH+]1CC[NH+](C(c2ccc(F)cc2)c2ccc(F)cc2)CC1. The van der Waals surface area contributed by atoms with Crippen LogP contribution < -0.4 is 15.1 Å². The number of amides is 1. The molecule has 0 atom stereocenters. The zero-order valence-electron chi connectivity index (χ0n) is 16.3. The van der Waals surface area contributed by atoms with Crippen LogP contribution in [0.15, 0.2) is 48.5 Å². The number of benzene rings is 2. The molecule has 0 aromatic heterocycles. The summed E-state index contributed by atoms with van der Waals surface area (Å²) in [5.41, 5.74) is 2.04. The van der Waals surface area contributed by atoms with E-state index < -0.39 is 0 Å². The third-order valence-electron chi connectivity index (χ3n) is 5.40. The van der Waals surface area contributed by atoms with E-state index >= 15 is 0 Å². The van der Waals surface area contributed by atoms with Crippen LogP contribution in [0.4, 0.5) is 8.78 Å². The summed E-state index contributed by atoms with van der Waals surface area (Å²) in [5.74, 6) is -0.415. The van der Waals surface area contributed by atoms with Crippen molar-refractivity contribution in [3.05, 3.63) is 71.3 Å². The number of hydrogen-bond donors (Lipinski definition) is 3. The molecule has 1 aliphatic heterocycles. The summed E-state index contributed by atoms with van der Waals surface area (Å²) in [6.45, 7) is 6.86. The lowest BCUT2D eigenvalue weighted by Crippen LogP contribution is -3.28. The van der Waals surface area contributed by atoms with Crippen molar-refractivity contribution in [2.45, 2.75) is 19.4 Å². The first-order chi connectivity index (χ1) is 13.6. The molecule has 0 radical (unpaired) electrons. The van der Waals surface area contributed by atoms with Crippen molar-refractivity contribution in [1.29, 1.82) is 0 Å². The number of carbonyl (C=O) groups is 1. The number of piperazine rings is 1. The number of halogens is 2. The lowest BCUT2D eigenvalue weighted by Gasteiger charge is -2.35. The van der Waals surface area contributed by atoms with Gasteiger partial charge < -0.3 is 15.1 Å². The quantitative estimate of drug-likeness (QED) is 0.629. The number of rotatable bonds is 7. The lowest BCUT2D eigenvalue weighted by molar-refractivity contribution is -1.02. The molecule has 6 heteroatoms. The fraction of sp³-hybridized carbons (Fsp3) is 0.409. The van der Waals surface area contributed by atoms with Gasteiger partial charge in [-0.15, -0.1) is 0 Å². The Hall–Kier alpha value is -2.31. The predicted octanol–water partition coefficient (Wildman–Crippen LogP) is 0.364. The van der Waals surface area contributed by atoms with Crippen LogP contribution in [0.5, 0.6) is 0 Å². The van der Waals surface area contributed by atoms with E-state index in [0.29, 0.717) is 6.54 Å². The maximum absolute atomic E-state index is 13.4. The monoisotopic (exact) mass is 389 g/mol. The van der Waals surface area contributed by atoms with Gasteiger partial charge in [-0.25, -0.2) is 8.78 Å². The van der Waals surface area contributed by atoms with E-state index in [1.807, 2.05) is 31.2 Å². The fourth-order valence-corrected chi connectivity index (χ4v) is 3.92. The molecule has 1 amide bonds. The van der Waals surface area contributed by atoms with Gasteiger partial charge in [0.2, 0.25) is 0 Å². The highest BCUT2D eigenvalue weighted by Gasteiger charge is 2.32. The Morgan fingerprint density at radius 1 is 0.929 bits per heavy atom. The second-order valence-corrected chi connectivity index (χ2v) is 7.47. The molecule has 2 aromatic carbocycles. The van der Waals surface area contributed by atoms with E-state index in [0.717, 1.165) is 50.3 Å². The molecule has 2 aromatic rings. The average Bonchev–Trinajstić information content (AvgIpc) is 2.71. The molecule has 3 N–H and O–H groups in total. The van der Waals surface area contributed by atoms with Crippen molar-refractivity contribution in [1.82, 2.24) is 5.32 Å². The van der Waals surface area contributed by atoms with Crippen LogP contribution in [0.3, 0.4) is 0 Å². The Bertz CT molecular complexity index is 711. The average molecular weight is 389 g/mol. The number of quaternary nitrogens is 2. The summed E-state index contributed by atoms with van der Waals surface area (Å²) in [6.07, 6.45) is 0.940. The normalized spacial score (nSPS) is 19.6. The Kier molecular flexibility index (Phi) is 7.12. The van der Waals surface area contributed by atoms with E-state index in [9.17, 15) is 13.6 Å². The van der Waals surface area contributed by atoms with Crippen LogP contribution in [0.1, 0.15) is 30.5 Å². The van der Waals surface area contributed by atoms with Gasteiger partial charge in [0.1, 0.15) is 43.9 Å². The number of nitrogens with one attached hydrogen (secondary N) is 3. The first-order valence-electron chi connectivity index (χ1n) is 10.0. The van der Waals surface area contributed by atoms with Gasteiger partial charge in [-0.1, -0.05) is 6.92 Å². The molecule has 0 spiro atoms. The molecule has 1 fully saturated rings. The van der Waals surface area contributed by atoms with Gasteiger partial charge in [0.25, 0.3) is 5.91 Å². The first kappa shape index (κ1) is 20.4. The molecule has 3 rings (SSSR count). The second-order valence-electron chi connectivity index (χ2n) is 7.47. The van der Waals surface area contributed by atoms with Gasteiger partial charge in [0.05, 0.1) is 0 Å². The van der Waals surface area contributed by atoms with Crippen LogP contribution in [0.25, 0.3) is 0 Å². The Labute approximate surface area is 165 Å². The summed E-state index contributed by atoms with van der Waals surface area (Å²) in [6, 6.07) is 13.2. The van der Waals surface area contributed by atoms with Crippen LogP contribution >= 0.6 is 0 Å². The molecule has 0 saturated carbocycles. The highest BCUT2D eigenvalue weighted by atomic mass is 19.1. The molecule has 4 nitrogen and oxygen atoms in total. The minimum atomic E-state index is -0.260. The molecule has 0 bridgehead atoms. The molecular weight excluding hydrogens is 360 g/mol. The van der Waals surface area contributed by atoms with Gasteiger partial charge in [0, 0.05) is 17.7 Å². The van der Waals surface area contributed by atoms with E-state index in [-0.39, 0.29) is 23.6 Å². The second kappa shape index (κ2) is 9.75. The molecule has 1 aliphatic rings. The zero-order valence-corrected chi connectivity index (χ0v) is 16.3. The number of hydrogen-bond acceptors (Lipinski definition) is 1. The van der Waals surface area contributed by atoms with E-state index in [4.69, 9.17) is 0 Å². The third kappa shape index (κ3) is 5.36. The molecule has 28 heavy (non-hydrogen) atoms. The molecular formula is C22H29F2N3O+2. The van der Waals surface area contributed by atoms with E-state index in [2.05, 4.69) is 5.32 Å². The van der Waals surface area contributed by atoms with Crippen LogP contribution in [0.2, 0.25) is 0 Å². The topological polar surface area (TPSA) is 38.0 Å². The van der Waals surface area contributed by atoms with E-state index in [1.54, 1.807) is 0 Å². The van der Waals surface area contributed by atoms with Gasteiger partial charge in [-0.05, 0) is 55.0 Å². The standard InChI is InChI=1S/C22H27F2N3O/c1-2-11-25-21(28)16-26-12-14-27(15-13-26)22(17-3-7-19(23)8-4-17)18-5-9-20(24)10-6-18/h3-10,22H,2,11-16H2,1H3,(H,25,28)/p+2. The fourth-order valence-electron chi connectivity index (χ4n) is 3.92. The summed E-state index contributed by atoms with van der Waals surface area (Å²) in [4.78, 5) is 14.6. The van der Waals surface area contributed by atoms with Crippen molar-refractivity contribution >= 4 is 5.91 Å². The van der Waals surface area contributed by atoms with Crippen molar-refractivity contribution in [3.63, 3.8) is 0 Å². The third-order valence-corrected chi connectivity index (χ3v) is 5.40. The smallest absolute Gasteiger partial charge is 0.275 e. The Morgan fingerprint density at radius 3 is 1.89 bits per heavy atom. The minimum Gasteiger partial charge on any atom is -0.351 e. The lowest BCUT2D eigenvalue weighted by atomic mass is 9.96. The molecule has 1 heterocycles. The predicted molar refractivity (Wildman–Crippen MR) is 104 cm³/mol. The highest BCUT2D eigenvalue weighted by molar-refractivity contribution is 5.76. The Morgan fingerprint density at radius 2 is 1.43 bits per heavy atom. The van der Waals surface area contributed by atoms with Crippen molar-refractivity contribution in [2.24, 2.45) is 0 Å². The summed E-state index contributed by atoms with van der Waals surface area (Å²) >= 11 is 0. The molecule has 150 valence electrons. The summed E-state index contributed by atoms with van der Waals surface area (Å²) < 4.78 is 26.8. The Balaban J connectivity index is 1.70.